The molecule has 16 heavy (non-hydrogen) atoms. The molecule has 0 radical (unpaired) electrons. The number of aryl methyl sites for hydroxylation is 1. The zero-order chi connectivity index (χ0) is 11.5. The molecule has 0 amide bonds. The molecule has 0 heterocycles. The lowest BCUT2D eigenvalue weighted by Gasteiger charge is -2.29. The van der Waals surface area contributed by atoms with Crippen LogP contribution in [0.1, 0.15) is 31.2 Å². The Kier molecular flexibility index (Phi) is 3.44. The van der Waals surface area contributed by atoms with Crippen LogP contribution in [0.25, 0.3) is 0 Å². The average molecular weight is 223 g/mol. The molecule has 3 heteroatoms. The molecular weight excluding hydrogens is 205 g/mol. The molecule has 2 unspecified atom stereocenters. The normalized spacial score (nSPS) is 25.4. The molecule has 2 N–H and O–H groups in total. The quantitative estimate of drug-likeness (QED) is 0.836. The van der Waals surface area contributed by atoms with Crippen molar-refractivity contribution >= 4 is 0 Å². The molecule has 1 aromatic rings. The lowest BCUT2D eigenvalue weighted by molar-refractivity contribution is 0.132. The number of hydrogen-bond donors (Lipinski definition) is 1. The Morgan fingerprint density at radius 3 is 2.75 bits per heavy atom. The van der Waals surface area contributed by atoms with Gasteiger partial charge in [0.1, 0.15) is 17.7 Å². The van der Waals surface area contributed by atoms with Crippen LogP contribution < -0.4 is 10.5 Å². The first-order chi connectivity index (χ1) is 7.66. The molecule has 1 saturated carbocycles. The summed E-state index contributed by atoms with van der Waals surface area (Å²) in [6.07, 6.45) is 4.32. The van der Waals surface area contributed by atoms with Crippen LogP contribution in [0.4, 0.5) is 4.39 Å². The molecule has 0 saturated heterocycles. The van der Waals surface area contributed by atoms with Crippen molar-refractivity contribution in [3.05, 3.63) is 29.6 Å². The molecule has 0 aliphatic heterocycles. The molecule has 1 aliphatic rings. The molecule has 0 aromatic heterocycles. The number of benzene rings is 1. The van der Waals surface area contributed by atoms with Gasteiger partial charge in [-0.3, -0.25) is 0 Å². The predicted molar refractivity (Wildman–Crippen MR) is 62.0 cm³/mol. The summed E-state index contributed by atoms with van der Waals surface area (Å²) in [7, 11) is 0. The van der Waals surface area contributed by atoms with E-state index in [-0.39, 0.29) is 18.0 Å². The Bertz CT molecular complexity index is 367. The van der Waals surface area contributed by atoms with Gasteiger partial charge in [-0.05, 0) is 37.8 Å². The van der Waals surface area contributed by atoms with Crippen LogP contribution in [0.3, 0.4) is 0 Å². The van der Waals surface area contributed by atoms with E-state index in [1.165, 1.54) is 12.5 Å². The van der Waals surface area contributed by atoms with E-state index in [1.54, 1.807) is 19.1 Å². The van der Waals surface area contributed by atoms with E-state index < -0.39 is 0 Å². The summed E-state index contributed by atoms with van der Waals surface area (Å²) < 4.78 is 19.1. The molecule has 88 valence electrons. The zero-order valence-corrected chi connectivity index (χ0v) is 9.58. The molecule has 0 spiro atoms. The van der Waals surface area contributed by atoms with E-state index in [4.69, 9.17) is 10.5 Å². The molecule has 2 nitrogen and oxygen atoms in total. The minimum absolute atomic E-state index is 0.0378. The van der Waals surface area contributed by atoms with Crippen molar-refractivity contribution in [2.24, 2.45) is 5.73 Å². The highest BCUT2D eigenvalue weighted by molar-refractivity contribution is 5.28. The van der Waals surface area contributed by atoms with Gasteiger partial charge in [0.15, 0.2) is 0 Å². The highest BCUT2D eigenvalue weighted by Gasteiger charge is 2.23. The third-order valence-corrected chi connectivity index (χ3v) is 3.18. The van der Waals surface area contributed by atoms with Crippen LogP contribution >= 0.6 is 0 Å². The summed E-state index contributed by atoms with van der Waals surface area (Å²) in [6, 6.07) is 5.06. The molecule has 1 fully saturated rings. The number of ether oxygens (including phenoxy) is 1. The molecule has 1 aliphatic carbocycles. The van der Waals surface area contributed by atoms with Crippen molar-refractivity contribution < 1.29 is 9.13 Å². The van der Waals surface area contributed by atoms with Gasteiger partial charge in [0.25, 0.3) is 0 Å². The van der Waals surface area contributed by atoms with Crippen LogP contribution in [0.15, 0.2) is 18.2 Å². The van der Waals surface area contributed by atoms with Gasteiger partial charge in [0.05, 0.1) is 0 Å². The van der Waals surface area contributed by atoms with Crippen molar-refractivity contribution in [2.75, 3.05) is 0 Å². The number of hydrogen-bond acceptors (Lipinski definition) is 2. The van der Waals surface area contributed by atoms with Gasteiger partial charge < -0.3 is 10.5 Å². The van der Waals surface area contributed by atoms with E-state index in [2.05, 4.69) is 0 Å². The second kappa shape index (κ2) is 4.83. The smallest absolute Gasteiger partial charge is 0.129 e. The summed E-state index contributed by atoms with van der Waals surface area (Å²) >= 11 is 0. The predicted octanol–water partition coefficient (Wildman–Crippen LogP) is 2.78. The maximum Gasteiger partial charge on any atom is 0.129 e. The van der Waals surface area contributed by atoms with Gasteiger partial charge in [-0.15, -0.1) is 0 Å². The Balaban J connectivity index is 2.05. The second-order valence-corrected chi connectivity index (χ2v) is 4.52. The molecule has 2 rings (SSSR count). The van der Waals surface area contributed by atoms with Crippen molar-refractivity contribution in [1.29, 1.82) is 0 Å². The monoisotopic (exact) mass is 223 g/mol. The van der Waals surface area contributed by atoms with Crippen LogP contribution in [0.5, 0.6) is 5.75 Å². The Hall–Kier alpha value is -1.09. The fourth-order valence-electron chi connectivity index (χ4n) is 2.09. The summed E-state index contributed by atoms with van der Waals surface area (Å²) in [5.41, 5.74) is 6.62. The largest absolute Gasteiger partial charge is 0.489 e. The Morgan fingerprint density at radius 1 is 1.31 bits per heavy atom. The minimum Gasteiger partial charge on any atom is -0.489 e. The van der Waals surface area contributed by atoms with Gasteiger partial charge >= 0.3 is 0 Å². The highest BCUT2D eigenvalue weighted by atomic mass is 19.1. The second-order valence-electron chi connectivity index (χ2n) is 4.52. The van der Waals surface area contributed by atoms with E-state index in [0.717, 1.165) is 19.3 Å². The molecule has 0 bridgehead atoms. The maximum atomic E-state index is 13.3. The van der Waals surface area contributed by atoms with Gasteiger partial charge in [-0.25, -0.2) is 4.39 Å². The van der Waals surface area contributed by atoms with E-state index in [0.29, 0.717) is 11.3 Å². The Morgan fingerprint density at radius 2 is 2.06 bits per heavy atom. The first kappa shape index (κ1) is 11.4. The topological polar surface area (TPSA) is 35.2 Å². The van der Waals surface area contributed by atoms with Gasteiger partial charge in [0, 0.05) is 12.1 Å². The fraction of sp³-hybridized carbons (Fsp3) is 0.538. The van der Waals surface area contributed by atoms with Gasteiger partial charge in [-0.2, -0.15) is 0 Å². The number of halogens is 1. The van der Waals surface area contributed by atoms with Gasteiger partial charge in [0.2, 0.25) is 0 Å². The maximum absolute atomic E-state index is 13.3. The molecular formula is C13H18FNO. The third kappa shape index (κ3) is 2.53. The van der Waals surface area contributed by atoms with E-state index >= 15 is 0 Å². The van der Waals surface area contributed by atoms with Crippen molar-refractivity contribution in [3.8, 4) is 5.75 Å². The van der Waals surface area contributed by atoms with E-state index in [1.807, 2.05) is 0 Å². The standard InChI is InChI=1S/C13H18FNO/c1-9-6-7-10(8-11(9)14)16-13-5-3-2-4-12(13)15/h6-8,12-13H,2-5,15H2,1H3. The van der Waals surface area contributed by atoms with Crippen LogP contribution in [0, 0.1) is 12.7 Å². The summed E-state index contributed by atoms with van der Waals surface area (Å²) in [6.45, 7) is 1.74. The fourth-order valence-corrected chi connectivity index (χ4v) is 2.09. The molecule has 2 atom stereocenters. The Labute approximate surface area is 95.6 Å². The molecule has 1 aromatic carbocycles. The minimum atomic E-state index is -0.220. The average Bonchev–Trinajstić information content (AvgIpc) is 2.27. The first-order valence-electron chi connectivity index (χ1n) is 5.85. The SMILES string of the molecule is Cc1ccc(OC2CCCCC2N)cc1F. The summed E-state index contributed by atoms with van der Waals surface area (Å²) in [5, 5.41) is 0. The van der Waals surface area contributed by atoms with E-state index in [9.17, 15) is 4.39 Å². The zero-order valence-electron chi connectivity index (χ0n) is 9.58. The number of rotatable bonds is 2. The van der Waals surface area contributed by atoms with Crippen molar-refractivity contribution in [1.82, 2.24) is 0 Å². The van der Waals surface area contributed by atoms with Crippen molar-refractivity contribution in [2.45, 2.75) is 44.8 Å². The van der Waals surface area contributed by atoms with Crippen molar-refractivity contribution in [3.63, 3.8) is 0 Å². The highest BCUT2D eigenvalue weighted by Crippen LogP contribution is 2.24. The summed E-state index contributed by atoms with van der Waals surface area (Å²) in [4.78, 5) is 0. The lowest BCUT2D eigenvalue weighted by Crippen LogP contribution is -2.41. The van der Waals surface area contributed by atoms with Gasteiger partial charge in [-0.1, -0.05) is 12.5 Å². The first-order valence-corrected chi connectivity index (χ1v) is 5.85. The number of nitrogens with two attached hydrogens (primary N) is 1. The van der Waals surface area contributed by atoms with Crippen LogP contribution in [-0.4, -0.2) is 12.1 Å². The lowest BCUT2D eigenvalue weighted by atomic mass is 9.93. The summed E-state index contributed by atoms with van der Waals surface area (Å²) in [5.74, 6) is 0.368. The third-order valence-electron chi connectivity index (χ3n) is 3.18. The van der Waals surface area contributed by atoms with Crippen LogP contribution in [-0.2, 0) is 0 Å². The van der Waals surface area contributed by atoms with Crippen LogP contribution in [0.2, 0.25) is 0 Å².